The Morgan fingerprint density at radius 1 is 1.00 bits per heavy atom. The number of hydrogen-bond donors (Lipinski definition) is 2. The van der Waals surface area contributed by atoms with E-state index in [-0.39, 0.29) is 17.8 Å². The number of pyridine rings is 1. The largest absolute Gasteiger partial charge is 0.508 e. The zero-order chi connectivity index (χ0) is 24.0. The molecule has 1 aliphatic rings. The van der Waals surface area contributed by atoms with Crippen molar-refractivity contribution in [1.82, 2.24) is 14.9 Å². The van der Waals surface area contributed by atoms with E-state index in [4.69, 9.17) is 23.8 Å². The topological polar surface area (TPSA) is 53.3 Å². The third-order valence-electron chi connectivity index (χ3n) is 6.49. The molecule has 4 aromatic rings. The number of halogens is 1. The molecule has 0 amide bonds. The second-order valence-corrected chi connectivity index (χ2v) is 9.35. The lowest BCUT2D eigenvalue weighted by Crippen LogP contribution is -2.29. The zero-order valence-electron chi connectivity index (χ0n) is 19.2. The Kier molecular flexibility index (Phi) is 5.80. The van der Waals surface area contributed by atoms with E-state index in [1.807, 2.05) is 49.4 Å². The van der Waals surface area contributed by atoms with Crippen LogP contribution in [-0.4, -0.2) is 19.8 Å². The van der Waals surface area contributed by atoms with Crippen LogP contribution in [0.3, 0.4) is 0 Å². The zero-order valence-corrected chi connectivity index (χ0v) is 20.7. The van der Waals surface area contributed by atoms with Gasteiger partial charge < -0.3 is 19.9 Å². The number of phenolic OH excluding ortho intramolecular Hbond substituents is 1. The van der Waals surface area contributed by atoms with Crippen molar-refractivity contribution >= 4 is 34.6 Å². The molecule has 1 saturated heterocycles. The molecule has 0 bridgehead atoms. The van der Waals surface area contributed by atoms with Crippen LogP contribution in [0.15, 0.2) is 72.9 Å². The predicted molar refractivity (Wildman–Crippen MR) is 141 cm³/mol. The number of rotatable bonds is 4. The molecule has 2 aromatic carbocycles. The van der Waals surface area contributed by atoms with Gasteiger partial charge in [-0.15, -0.1) is 0 Å². The van der Waals surface area contributed by atoms with Gasteiger partial charge in [-0.1, -0.05) is 23.7 Å². The molecule has 2 aromatic heterocycles. The van der Waals surface area contributed by atoms with Crippen LogP contribution in [0.25, 0.3) is 5.69 Å². The average Bonchev–Trinajstić information content (AvgIpc) is 3.32. The minimum atomic E-state index is -0.142. The standard InChI is InChI=1S/C27H25ClN4OS/c1-16-15-21(18(3)31(16)24-9-6-7-22(28)17(24)2)26-25(23-8-4-5-14-29-23)30-27(34)32(26)19-10-12-20(33)13-11-19/h4-15,25-26,33H,1-3H3,(H,30,34)/t25-,26+/m1/s1. The van der Waals surface area contributed by atoms with E-state index in [0.717, 1.165) is 44.6 Å². The monoisotopic (exact) mass is 488 g/mol. The van der Waals surface area contributed by atoms with Crippen LogP contribution in [0, 0.1) is 20.8 Å². The van der Waals surface area contributed by atoms with Gasteiger partial charge in [-0.05, 0) is 98.7 Å². The summed E-state index contributed by atoms with van der Waals surface area (Å²) in [6, 6.07) is 21.0. The number of hydrogen-bond acceptors (Lipinski definition) is 3. The lowest BCUT2D eigenvalue weighted by molar-refractivity contribution is 0.475. The van der Waals surface area contributed by atoms with Gasteiger partial charge in [-0.3, -0.25) is 4.98 Å². The first-order valence-corrected chi connectivity index (χ1v) is 11.9. The van der Waals surface area contributed by atoms with Gasteiger partial charge in [0, 0.05) is 34.0 Å². The SMILES string of the molecule is Cc1c(Cl)cccc1-n1c(C)cc([C@H]2[C@@H](c3ccccn3)NC(=S)N2c2ccc(O)cc2)c1C. The lowest BCUT2D eigenvalue weighted by atomic mass is 9.96. The Hall–Kier alpha value is -3.35. The van der Waals surface area contributed by atoms with E-state index < -0.39 is 0 Å². The summed E-state index contributed by atoms with van der Waals surface area (Å²) in [4.78, 5) is 6.76. The van der Waals surface area contributed by atoms with Gasteiger partial charge in [-0.2, -0.15) is 0 Å². The van der Waals surface area contributed by atoms with Gasteiger partial charge in [0.05, 0.1) is 17.8 Å². The van der Waals surface area contributed by atoms with Crippen molar-refractivity contribution in [3.63, 3.8) is 0 Å². The highest BCUT2D eigenvalue weighted by Crippen LogP contribution is 2.44. The molecule has 0 unspecified atom stereocenters. The third kappa shape index (κ3) is 3.73. The molecule has 0 aliphatic carbocycles. The molecule has 34 heavy (non-hydrogen) atoms. The summed E-state index contributed by atoms with van der Waals surface area (Å²) in [5, 5.41) is 14.7. The van der Waals surface area contributed by atoms with Crippen molar-refractivity contribution in [1.29, 1.82) is 0 Å². The normalized spacial score (nSPS) is 17.8. The van der Waals surface area contributed by atoms with Gasteiger partial charge >= 0.3 is 0 Å². The number of aromatic hydroxyl groups is 1. The predicted octanol–water partition coefficient (Wildman–Crippen LogP) is 6.33. The van der Waals surface area contributed by atoms with Crippen molar-refractivity contribution in [3.8, 4) is 11.4 Å². The molecule has 0 saturated carbocycles. The highest BCUT2D eigenvalue weighted by atomic mass is 35.5. The first-order valence-electron chi connectivity index (χ1n) is 11.1. The van der Waals surface area contributed by atoms with Crippen LogP contribution in [0.5, 0.6) is 5.75 Å². The summed E-state index contributed by atoms with van der Waals surface area (Å²) in [5.41, 5.74) is 7.29. The van der Waals surface area contributed by atoms with E-state index in [1.54, 1.807) is 18.3 Å². The molecular weight excluding hydrogens is 464 g/mol. The number of nitrogens with zero attached hydrogens (tertiary/aromatic N) is 3. The van der Waals surface area contributed by atoms with Crippen LogP contribution in [-0.2, 0) is 0 Å². The number of aromatic nitrogens is 2. The minimum Gasteiger partial charge on any atom is -0.508 e. The molecule has 172 valence electrons. The van der Waals surface area contributed by atoms with Crippen molar-refractivity contribution in [2.45, 2.75) is 32.9 Å². The van der Waals surface area contributed by atoms with Crippen molar-refractivity contribution in [2.24, 2.45) is 0 Å². The average molecular weight is 489 g/mol. The fourth-order valence-corrected chi connectivity index (χ4v) is 5.37. The van der Waals surface area contributed by atoms with Gasteiger partial charge in [0.1, 0.15) is 5.75 Å². The van der Waals surface area contributed by atoms with E-state index >= 15 is 0 Å². The number of phenols is 1. The summed E-state index contributed by atoms with van der Waals surface area (Å²) in [7, 11) is 0. The van der Waals surface area contributed by atoms with Gasteiger partial charge in [-0.25, -0.2) is 0 Å². The second kappa shape index (κ2) is 8.78. The van der Waals surface area contributed by atoms with E-state index in [2.05, 4.69) is 45.7 Å². The number of anilines is 1. The number of benzene rings is 2. The van der Waals surface area contributed by atoms with Crippen molar-refractivity contribution < 1.29 is 5.11 Å². The van der Waals surface area contributed by atoms with E-state index in [9.17, 15) is 5.11 Å². The lowest BCUT2D eigenvalue weighted by Gasteiger charge is -2.28. The van der Waals surface area contributed by atoms with Crippen LogP contribution >= 0.6 is 23.8 Å². The van der Waals surface area contributed by atoms with Crippen molar-refractivity contribution in [3.05, 3.63) is 106 Å². The first-order chi connectivity index (χ1) is 16.4. The molecular formula is C27H25ClN4OS. The quantitative estimate of drug-likeness (QED) is 0.328. The Labute approximate surface area is 209 Å². The second-order valence-electron chi connectivity index (χ2n) is 8.56. The Bertz CT molecular complexity index is 1370. The summed E-state index contributed by atoms with van der Waals surface area (Å²) < 4.78 is 2.25. The molecule has 1 fully saturated rings. The molecule has 7 heteroatoms. The number of aryl methyl sites for hydroxylation is 1. The van der Waals surface area contributed by atoms with E-state index in [0.29, 0.717) is 5.11 Å². The third-order valence-corrected chi connectivity index (χ3v) is 7.22. The van der Waals surface area contributed by atoms with Crippen LogP contribution in [0.2, 0.25) is 5.02 Å². The highest BCUT2D eigenvalue weighted by Gasteiger charge is 2.42. The molecule has 5 rings (SSSR count). The summed E-state index contributed by atoms with van der Waals surface area (Å²) in [6.07, 6.45) is 1.80. The summed E-state index contributed by atoms with van der Waals surface area (Å²) in [6.45, 7) is 6.29. The summed E-state index contributed by atoms with van der Waals surface area (Å²) in [5.74, 6) is 0.217. The maximum atomic E-state index is 9.85. The molecule has 0 radical (unpaired) electrons. The number of nitrogens with one attached hydrogen (secondary N) is 1. The molecule has 2 N–H and O–H groups in total. The van der Waals surface area contributed by atoms with Crippen LogP contribution in [0.4, 0.5) is 5.69 Å². The van der Waals surface area contributed by atoms with E-state index in [1.165, 1.54) is 0 Å². The molecule has 0 spiro atoms. The molecule has 5 nitrogen and oxygen atoms in total. The maximum Gasteiger partial charge on any atom is 0.174 e. The maximum absolute atomic E-state index is 9.85. The first kappa shape index (κ1) is 22.4. The molecule has 2 atom stereocenters. The Balaban J connectivity index is 1.70. The molecule has 1 aliphatic heterocycles. The number of thiocarbonyl (C=S) groups is 1. The van der Waals surface area contributed by atoms with Crippen molar-refractivity contribution in [2.75, 3.05) is 4.90 Å². The Morgan fingerprint density at radius 3 is 2.47 bits per heavy atom. The van der Waals surface area contributed by atoms with Gasteiger partial charge in [0.15, 0.2) is 5.11 Å². The fraction of sp³-hybridized carbons (Fsp3) is 0.185. The summed E-state index contributed by atoms with van der Waals surface area (Å²) >= 11 is 12.3. The minimum absolute atomic E-state index is 0.133. The fourth-order valence-electron chi connectivity index (χ4n) is 4.86. The van der Waals surface area contributed by atoms with Crippen LogP contribution < -0.4 is 10.2 Å². The van der Waals surface area contributed by atoms with Gasteiger partial charge in [0.2, 0.25) is 0 Å². The van der Waals surface area contributed by atoms with Gasteiger partial charge in [0.25, 0.3) is 0 Å². The smallest absolute Gasteiger partial charge is 0.174 e. The Morgan fingerprint density at radius 2 is 1.76 bits per heavy atom. The van der Waals surface area contributed by atoms with Crippen LogP contribution in [0.1, 0.15) is 40.3 Å². The highest BCUT2D eigenvalue weighted by molar-refractivity contribution is 7.80. The molecule has 3 heterocycles.